The molecule has 1 rings (SSSR count). The van der Waals surface area contributed by atoms with Crippen LogP contribution in [-0.4, -0.2) is 7.11 Å². The first-order valence-electron chi connectivity index (χ1n) is 4.17. The second-order valence-corrected chi connectivity index (χ2v) is 3.23. The molecular formula is C10H16O. The van der Waals surface area contributed by atoms with Crippen molar-refractivity contribution in [3.8, 4) is 0 Å². The third-order valence-electron chi connectivity index (χ3n) is 2.15. The summed E-state index contributed by atoms with van der Waals surface area (Å²) in [6.45, 7) is 4.47. The van der Waals surface area contributed by atoms with Crippen LogP contribution in [-0.2, 0) is 4.74 Å². The van der Waals surface area contributed by atoms with Gasteiger partial charge in [-0.1, -0.05) is 25.5 Å². The number of allylic oxidation sites excluding steroid dienone is 4. The van der Waals surface area contributed by atoms with Crippen molar-refractivity contribution in [2.24, 2.45) is 5.92 Å². The van der Waals surface area contributed by atoms with Crippen LogP contribution in [0.5, 0.6) is 0 Å². The molecule has 11 heavy (non-hydrogen) atoms. The first-order chi connectivity index (χ1) is 5.24. The van der Waals surface area contributed by atoms with E-state index in [1.165, 1.54) is 5.57 Å². The average Bonchev–Trinajstić information content (AvgIpc) is 2.05. The van der Waals surface area contributed by atoms with Gasteiger partial charge in [0.1, 0.15) is 0 Å². The van der Waals surface area contributed by atoms with E-state index in [0.29, 0.717) is 5.92 Å². The Kier molecular flexibility index (Phi) is 2.75. The summed E-state index contributed by atoms with van der Waals surface area (Å²) in [7, 11) is 1.74. The van der Waals surface area contributed by atoms with Crippen LogP contribution in [0, 0.1) is 5.92 Å². The quantitative estimate of drug-likeness (QED) is 0.591. The van der Waals surface area contributed by atoms with Crippen LogP contribution in [0.15, 0.2) is 23.5 Å². The zero-order chi connectivity index (χ0) is 8.27. The average molecular weight is 152 g/mol. The van der Waals surface area contributed by atoms with E-state index in [9.17, 15) is 0 Å². The number of rotatable bonds is 2. The lowest BCUT2D eigenvalue weighted by Crippen LogP contribution is -2.00. The number of ether oxygens (including phenoxy) is 1. The summed E-state index contributed by atoms with van der Waals surface area (Å²) in [5, 5.41) is 0. The van der Waals surface area contributed by atoms with Gasteiger partial charge in [0, 0.05) is 6.42 Å². The van der Waals surface area contributed by atoms with Crippen molar-refractivity contribution in [2.75, 3.05) is 7.11 Å². The van der Waals surface area contributed by atoms with Crippen molar-refractivity contribution in [3.63, 3.8) is 0 Å². The third-order valence-corrected chi connectivity index (χ3v) is 2.15. The maximum Gasteiger partial charge on any atom is 0.0958 e. The molecular weight excluding hydrogens is 136 g/mol. The second-order valence-electron chi connectivity index (χ2n) is 3.23. The molecule has 0 unspecified atom stereocenters. The molecule has 0 aromatic carbocycles. The summed E-state index contributed by atoms with van der Waals surface area (Å²) in [5.41, 5.74) is 1.53. The lowest BCUT2D eigenvalue weighted by molar-refractivity contribution is 0.274. The molecule has 0 radical (unpaired) electrons. The highest BCUT2D eigenvalue weighted by Gasteiger charge is 2.08. The molecule has 0 spiro atoms. The van der Waals surface area contributed by atoms with E-state index in [2.05, 4.69) is 26.0 Å². The summed E-state index contributed by atoms with van der Waals surface area (Å²) in [6, 6.07) is 0. The van der Waals surface area contributed by atoms with Gasteiger partial charge in [0.25, 0.3) is 0 Å². The Morgan fingerprint density at radius 1 is 1.27 bits per heavy atom. The molecule has 0 fully saturated rings. The van der Waals surface area contributed by atoms with Gasteiger partial charge >= 0.3 is 0 Å². The van der Waals surface area contributed by atoms with Crippen LogP contribution in [0.3, 0.4) is 0 Å². The Labute approximate surface area is 68.8 Å². The highest BCUT2D eigenvalue weighted by atomic mass is 16.5. The maximum atomic E-state index is 5.14. The monoisotopic (exact) mass is 152 g/mol. The van der Waals surface area contributed by atoms with Gasteiger partial charge < -0.3 is 4.74 Å². The lowest BCUT2D eigenvalue weighted by atomic mass is 9.94. The van der Waals surface area contributed by atoms with Crippen LogP contribution < -0.4 is 0 Å². The highest BCUT2D eigenvalue weighted by Crippen LogP contribution is 2.23. The van der Waals surface area contributed by atoms with Crippen LogP contribution in [0.25, 0.3) is 0 Å². The van der Waals surface area contributed by atoms with Gasteiger partial charge in [0.15, 0.2) is 0 Å². The van der Waals surface area contributed by atoms with E-state index in [-0.39, 0.29) is 0 Å². The third kappa shape index (κ3) is 2.11. The molecule has 62 valence electrons. The van der Waals surface area contributed by atoms with E-state index >= 15 is 0 Å². The Morgan fingerprint density at radius 3 is 2.36 bits per heavy atom. The Hall–Kier alpha value is -0.720. The summed E-state index contributed by atoms with van der Waals surface area (Å²) in [6.07, 6.45) is 6.50. The largest absolute Gasteiger partial charge is 0.501 e. The van der Waals surface area contributed by atoms with Gasteiger partial charge in [0.05, 0.1) is 12.9 Å². The van der Waals surface area contributed by atoms with Crippen molar-refractivity contribution in [1.29, 1.82) is 0 Å². The predicted molar refractivity (Wildman–Crippen MR) is 47.2 cm³/mol. The molecule has 0 N–H and O–H groups in total. The van der Waals surface area contributed by atoms with Gasteiger partial charge in [0.2, 0.25) is 0 Å². The number of methoxy groups -OCH3 is 1. The van der Waals surface area contributed by atoms with E-state index in [1.54, 1.807) is 7.11 Å². The first kappa shape index (κ1) is 8.38. The molecule has 0 atom stereocenters. The van der Waals surface area contributed by atoms with Crippen molar-refractivity contribution in [2.45, 2.75) is 26.7 Å². The smallest absolute Gasteiger partial charge is 0.0958 e. The lowest BCUT2D eigenvalue weighted by Gasteiger charge is -2.15. The SMILES string of the molecule is COC1=CC=C(C(C)C)CC1. The van der Waals surface area contributed by atoms with Gasteiger partial charge in [-0.25, -0.2) is 0 Å². The molecule has 0 bridgehead atoms. The number of hydrogen-bond donors (Lipinski definition) is 0. The predicted octanol–water partition coefficient (Wildman–Crippen LogP) is 2.89. The second kappa shape index (κ2) is 3.61. The zero-order valence-corrected chi connectivity index (χ0v) is 7.55. The zero-order valence-electron chi connectivity index (χ0n) is 7.55. The molecule has 0 aromatic rings. The fourth-order valence-corrected chi connectivity index (χ4v) is 1.29. The minimum absolute atomic E-state index is 0.685. The van der Waals surface area contributed by atoms with Crippen LogP contribution in [0.4, 0.5) is 0 Å². The summed E-state index contributed by atoms with van der Waals surface area (Å²) < 4.78 is 5.14. The first-order valence-corrected chi connectivity index (χ1v) is 4.17. The van der Waals surface area contributed by atoms with Crippen molar-refractivity contribution < 1.29 is 4.74 Å². The molecule has 0 saturated heterocycles. The van der Waals surface area contributed by atoms with E-state index in [4.69, 9.17) is 4.74 Å². The Morgan fingerprint density at radius 2 is 2.00 bits per heavy atom. The summed E-state index contributed by atoms with van der Waals surface area (Å²) >= 11 is 0. The highest BCUT2D eigenvalue weighted by molar-refractivity contribution is 5.21. The fourth-order valence-electron chi connectivity index (χ4n) is 1.29. The van der Waals surface area contributed by atoms with Crippen LogP contribution >= 0.6 is 0 Å². The van der Waals surface area contributed by atoms with Gasteiger partial charge in [-0.15, -0.1) is 0 Å². The molecule has 1 heteroatoms. The molecule has 1 aliphatic rings. The van der Waals surface area contributed by atoms with Crippen molar-refractivity contribution in [3.05, 3.63) is 23.5 Å². The Balaban J connectivity index is 2.61. The summed E-state index contributed by atoms with van der Waals surface area (Å²) in [5.74, 6) is 1.79. The van der Waals surface area contributed by atoms with Crippen molar-refractivity contribution in [1.82, 2.24) is 0 Å². The van der Waals surface area contributed by atoms with Crippen LogP contribution in [0.1, 0.15) is 26.7 Å². The Bertz CT molecular complexity index is 187. The molecule has 0 aromatic heterocycles. The molecule has 0 amide bonds. The molecule has 0 saturated carbocycles. The van der Waals surface area contributed by atoms with E-state index < -0.39 is 0 Å². The van der Waals surface area contributed by atoms with Gasteiger partial charge in [-0.05, 0) is 18.4 Å². The molecule has 0 aliphatic heterocycles. The molecule has 1 aliphatic carbocycles. The normalized spacial score (nSPS) is 17.8. The molecule has 0 heterocycles. The fraction of sp³-hybridized carbons (Fsp3) is 0.600. The molecule has 1 nitrogen and oxygen atoms in total. The van der Waals surface area contributed by atoms with Crippen molar-refractivity contribution >= 4 is 0 Å². The number of hydrogen-bond acceptors (Lipinski definition) is 1. The minimum atomic E-state index is 0.685. The maximum absolute atomic E-state index is 5.14. The standard InChI is InChI=1S/C10H16O/c1-8(2)9-4-6-10(11-3)7-5-9/h4,6,8H,5,7H2,1-3H3. The summed E-state index contributed by atoms with van der Waals surface area (Å²) in [4.78, 5) is 0. The van der Waals surface area contributed by atoms with Gasteiger partial charge in [-0.2, -0.15) is 0 Å². The minimum Gasteiger partial charge on any atom is -0.501 e. The van der Waals surface area contributed by atoms with E-state index in [1.807, 2.05) is 0 Å². The van der Waals surface area contributed by atoms with E-state index in [0.717, 1.165) is 18.6 Å². The van der Waals surface area contributed by atoms with Gasteiger partial charge in [-0.3, -0.25) is 0 Å². The van der Waals surface area contributed by atoms with Crippen LogP contribution in [0.2, 0.25) is 0 Å². The topological polar surface area (TPSA) is 9.23 Å².